The normalized spacial score (nSPS) is 11.5. The van der Waals surface area contributed by atoms with Crippen LogP contribution in [0.25, 0.3) is 0 Å². The summed E-state index contributed by atoms with van der Waals surface area (Å²) < 4.78 is 26.6. The molecule has 19 heavy (non-hydrogen) atoms. The molecule has 6 heteroatoms. The minimum atomic E-state index is -3.68. The second kappa shape index (κ2) is 5.46. The Bertz CT molecular complexity index is 649. The molecule has 1 aromatic heterocycles. The van der Waals surface area contributed by atoms with Crippen molar-refractivity contribution >= 4 is 10.0 Å². The van der Waals surface area contributed by atoms with Crippen LogP contribution in [0.2, 0.25) is 0 Å². The van der Waals surface area contributed by atoms with Crippen molar-refractivity contribution in [2.75, 3.05) is 0 Å². The first-order chi connectivity index (χ1) is 8.97. The van der Waals surface area contributed by atoms with Gasteiger partial charge in [0.05, 0.1) is 0 Å². The molecule has 0 fully saturated rings. The lowest BCUT2D eigenvalue weighted by Gasteiger charge is -2.06. The Balaban J connectivity index is 2.19. The maximum absolute atomic E-state index is 12.1. The number of aryl methyl sites for hydroxylation is 2. The zero-order chi connectivity index (χ0) is 13.9. The van der Waals surface area contributed by atoms with Gasteiger partial charge in [-0.2, -0.15) is 0 Å². The van der Waals surface area contributed by atoms with Gasteiger partial charge in [0.1, 0.15) is 0 Å². The minimum Gasteiger partial charge on any atom is -0.222 e. The van der Waals surface area contributed by atoms with E-state index in [0.717, 1.165) is 5.56 Å². The van der Waals surface area contributed by atoms with E-state index in [4.69, 9.17) is 0 Å². The van der Waals surface area contributed by atoms with Crippen LogP contribution in [-0.4, -0.2) is 18.4 Å². The molecule has 2 aromatic rings. The van der Waals surface area contributed by atoms with Crippen molar-refractivity contribution in [3.05, 3.63) is 53.3 Å². The predicted molar refractivity (Wildman–Crippen MR) is 72.0 cm³/mol. The summed E-state index contributed by atoms with van der Waals surface area (Å²) in [5.74, 6) is 0. The van der Waals surface area contributed by atoms with Gasteiger partial charge in [0.25, 0.3) is 15.2 Å². The molecular weight excluding hydrogens is 262 g/mol. The summed E-state index contributed by atoms with van der Waals surface area (Å²) in [5.41, 5.74) is 2.15. The van der Waals surface area contributed by atoms with Gasteiger partial charge in [-0.1, -0.05) is 30.3 Å². The van der Waals surface area contributed by atoms with Gasteiger partial charge in [0, 0.05) is 17.9 Å². The number of nitrogens with one attached hydrogen (secondary N) is 1. The molecular formula is C13H15N3O2S. The number of hydrogen-bond donors (Lipinski definition) is 1. The quantitative estimate of drug-likeness (QED) is 0.861. The van der Waals surface area contributed by atoms with Crippen molar-refractivity contribution in [3.63, 3.8) is 0 Å². The highest BCUT2D eigenvalue weighted by atomic mass is 32.2. The Morgan fingerprint density at radius 3 is 2.21 bits per heavy atom. The zero-order valence-corrected chi connectivity index (χ0v) is 11.6. The van der Waals surface area contributed by atoms with Crippen molar-refractivity contribution in [2.45, 2.75) is 25.5 Å². The fraction of sp³-hybridized carbons (Fsp3) is 0.231. The lowest BCUT2D eigenvalue weighted by Crippen LogP contribution is -2.25. The van der Waals surface area contributed by atoms with Crippen molar-refractivity contribution in [1.29, 1.82) is 0 Å². The number of hydrogen-bond acceptors (Lipinski definition) is 4. The van der Waals surface area contributed by atoms with Crippen LogP contribution in [0.4, 0.5) is 0 Å². The number of nitrogens with zero attached hydrogens (tertiary/aromatic N) is 2. The van der Waals surface area contributed by atoms with Gasteiger partial charge in [-0.05, 0) is 25.5 Å². The van der Waals surface area contributed by atoms with Crippen LogP contribution in [0.3, 0.4) is 0 Å². The van der Waals surface area contributed by atoms with Gasteiger partial charge >= 0.3 is 0 Å². The highest BCUT2D eigenvalue weighted by molar-refractivity contribution is 7.89. The van der Waals surface area contributed by atoms with Crippen molar-refractivity contribution in [1.82, 2.24) is 14.7 Å². The first-order valence-electron chi connectivity index (χ1n) is 5.83. The summed E-state index contributed by atoms with van der Waals surface area (Å²) in [6.07, 6.45) is 0. The third kappa shape index (κ3) is 3.59. The number of aromatic nitrogens is 2. The van der Waals surface area contributed by atoms with Crippen molar-refractivity contribution < 1.29 is 8.42 Å². The van der Waals surface area contributed by atoms with Gasteiger partial charge < -0.3 is 0 Å². The van der Waals surface area contributed by atoms with Gasteiger partial charge in [-0.15, -0.1) is 0 Å². The van der Waals surface area contributed by atoms with Gasteiger partial charge in [-0.3, -0.25) is 0 Å². The molecule has 0 unspecified atom stereocenters. The molecule has 1 N–H and O–H groups in total. The molecule has 0 amide bonds. The summed E-state index contributed by atoms with van der Waals surface area (Å²) in [6, 6.07) is 11.0. The Labute approximate surface area is 112 Å². The molecule has 0 aliphatic heterocycles. The van der Waals surface area contributed by atoms with E-state index >= 15 is 0 Å². The summed E-state index contributed by atoms with van der Waals surface area (Å²) in [4.78, 5) is 7.91. The Morgan fingerprint density at radius 2 is 1.63 bits per heavy atom. The second-order valence-electron chi connectivity index (χ2n) is 4.24. The fourth-order valence-corrected chi connectivity index (χ4v) is 2.67. The monoisotopic (exact) mass is 277 g/mol. The average Bonchev–Trinajstić information content (AvgIpc) is 2.37. The molecule has 0 saturated carbocycles. The number of sulfonamides is 1. The third-order valence-electron chi connectivity index (χ3n) is 2.51. The molecule has 100 valence electrons. The van der Waals surface area contributed by atoms with E-state index in [1.165, 1.54) is 0 Å². The lowest BCUT2D eigenvalue weighted by atomic mass is 10.2. The van der Waals surface area contributed by atoms with E-state index < -0.39 is 10.0 Å². The third-order valence-corrected chi connectivity index (χ3v) is 3.70. The predicted octanol–water partition coefficient (Wildman–Crippen LogP) is 1.57. The van der Waals surface area contributed by atoms with Crippen LogP contribution < -0.4 is 4.72 Å². The van der Waals surface area contributed by atoms with Gasteiger partial charge in [0.2, 0.25) is 0 Å². The molecule has 0 spiro atoms. The Hall–Kier alpha value is -1.79. The Kier molecular flexibility index (Phi) is 3.92. The van der Waals surface area contributed by atoms with E-state index in [2.05, 4.69) is 14.7 Å². The summed E-state index contributed by atoms with van der Waals surface area (Å²) in [7, 11) is -3.68. The minimum absolute atomic E-state index is 0.180. The topological polar surface area (TPSA) is 72.0 Å². The van der Waals surface area contributed by atoms with Gasteiger partial charge in [0.15, 0.2) is 0 Å². The van der Waals surface area contributed by atoms with Crippen molar-refractivity contribution in [2.24, 2.45) is 0 Å². The van der Waals surface area contributed by atoms with Gasteiger partial charge in [-0.25, -0.2) is 23.1 Å². The van der Waals surface area contributed by atoms with E-state index in [0.29, 0.717) is 11.4 Å². The molecule has 5 nitrogen and oxygen atoms in total. The van der Waals surface area contributed by atoms with Crippen LogP contribution in [0.5, 0.6) is 0 Å². The maximum atomic E-state index is 12.1. The molecule has 1 aromatic carbocycles. The van der Waals surface area contributed by atoms with Crippen LogP contribution in [-0.2, 0) is 16.6 Å². The largest absolute Gasteiger partial charge is 0.276 e. The summed E-state index contributed by atoms with van der Waals surface area (Å²) >= 11 is 0. The van der Waals surface area contributed by atoms with Crippen LogP contribution in [0.15, 0.2) is 41.6 Å². The second-order valence-corrected chi connectivity index (χ2v) is 5.90. The molecule has 0 saturated heterocycles. The molecule has 1 heterocycles. The van der Waals surface area contributed by atoms with Crippen LogP contribution in [0.1, 0.15) is 17.0 Å². The molecule has 0 aliphatic rings. The SMILES string of the molecule is Cc1cc(C)nc(S(=O)(=O)NCc2ccccc2)n1. The molecule has 0 atom stereocenters. The fourth-order valence-electron chi connectivity index (χ4n) is 1.65. The summed E-state index contributed by atoms with van der Waals surface area (Å²) in [6.45, 7) is 3.70. The smallest absolute Gasteiger partial charge is 0.222 e. The molecule has 0 radical (unpaired) electrons. The van der Waals surface area contributed by atoms with Crippen LogP contribution >= 0.6 is 0 Å². The summed E-state index contributed by atoms with van der Waals surface area (Å²) in [5, 5.41) is -0.180. The first-order valence-corrected chi connectivity index (χ1v) is 7.31. The van der Waals surface area contributed by atoms with Crippen LogP contribution in [0, 0.1) is 13.8 Å². The number of benzene rings is 1. The number of rotatable bonds is 4. The first kappa shape index (κ1) is 13.6. The molecule has 0 aliphatic carbocycles. The van der Waals surface area contributed by atoms with Crippen molar-refractivity contribution in [3.8, 4) is 0 Å². The highest BCUT2D eigenvalue weighted by Crippen LogP contribution is 2.07. The Morgan fingerprint density at radius 1 is 1.05 bits per heavy atom. The van der Waals surface area contributed by atoms with E-state index in [9.17, 15) is 8.42 Å². The highest BCUT2D eigenvalue weighted by Gasteiger charge is 2.17. The molecule has 2 rings (SSSR count). The molecule has 0 bridgehead atoms. The van der Waals surface area contributed by atoms with E-state index in [1.807, 2.05) is 30.3 Å². The van der Waals surface area contributed by atoms with E-state index in [-0.39, 0.29) is 11.7 Å². The van der Waals surface area contributed by atoms with E-state index in [1.54, 1.807) is 19.9 Å². The average molecular weight is 277 g/mol. The lowest BCUT2D eigenvalue weighted by molar-refractivity contribution is 0.570. The standard InChI is InChI=1S/C13H15N3O2S/c1-10-8-11(2)16-13(15-10)19(17,18)14-9-12-6-4-3-5-7-12/h3-8,14H,9H2,1-2H3. The maximum Gasteiger partial charge on any atom is 0.276 e. The zero-order valence-electron chi connectivity index (χ0n) is 10.8.